The van der Waals surface area contributed by atoms with Gasteiger partial charge in [0.05, 0.1) is 15.9 Å². The molecule has 0 radical (unpaired) electrons. The van der Waals surface area contributed by atoms with Crippen molar-refractivity contribution in [2.75, 3.05) is 0 Å². The molecule has 0 amide bonds. The highest BCUT2D eigenvalue weighted by atomic mass is 79.9. The van der Waals surface area contributed by atoms with Crippen molar-refractivity contribution in [2.24, 2.45) is 0 Å². The molecule has 0 saturated carbocycles. The number of halogens is 1. The Bertz CT molecular complexity index is 563. The van der Waals surface area contributed by atoms with Gasteiger partial charge in [-0.25, -0.2) is 0 Å². The van der Waals surface area contributed by atoms with Crippen LogP contribution in [0.5, 0.6) is 0 Å². The maximum atomic E-state index is 4.64. The molecule has 1 heterocycles. The number of rotatable bonds is 5. The third kappa shape index (κ3) is 3.23. The quantitative estimate of drug-likeness (QED) is 0.726. The van der Waals surface area contributed by atoms with Crippen molar-refractivity contribution in [1.82, 2.24) is 9.78 Å². The molecule has 0 aliphatic rings. The van der Waals surface area contributed by atoms with Crippen LogP contribution in [0.3, 0.4) is 0 Å². The Balaban J connectivity index is 2.20. The molecule has 0 fully saturated rings. The molecular weight excluding hydrogens is 320 g/mol. The van der Waals surface area contributed by atoms with Gasteiger partial charge in [-0.3, -0.25) is 4.68 Å². The summed E-state index contributed by atoms with van der Waals surface area (Å²) in [4.78, 5) is 1.34. The summed E-state index contributed by atoms with van der Waals surface area (Å²) in [6.07, 6.45) is 0.968. The topological polar surface area (TPSA) is 17.8 Å². The van der Waals surface area contributed by atoms with E-state index in [0.717, 1.165) is 24.4 Å². The van der Waals surface area contributed by atoms with Crippen LogP contribution in [-0.2, 0) is 18.7 Å². The van der Waals surface area contributed by atoms with Gasteiger partial charge in [0.2, 0.25) is 0 Å². The van der Waals surface area contributed by atoms with E-state index in [1.807, 2.05) is 11.8 Å². The van der Waals surface area contributed by atoms with E-state index < -0.39 is 0 Å². The number of benzene rings is 1. The van der Waals surface area contributed by atoms with Gasteiger partial charge in [-0.05, 0) is 47.8 Å². The first-order chi connectivity index (χ1) is 9.17. The highest BCUT2D eigenvalue weighted by Crippen LogP contribution is 2.30. The summed E-state index contributed by atoms with van der Waals surface area (Å²) in [5.41, 5.74) is 3.77. The van der Waals surface area contributed by atoms with Gasteiger partial charge in [0.25, 0.3) is 0 Å². The lowest BCUT2D eigenvalue weighted by Gasteiger charge is -2.07. The molecule has 2 rings (SSSR count). The van der Waals surface area contributed by atoms with Gasteiger partial charge in [0, 0.05) is 17.2 Å². The van der Waals surface area contributed by atoms with Crippen molar-refractivity contribution < 1.29 is 0 Å². The van der Waals surface area contributed by atoms with Crippen LogP contribution in [-0.4, -0.2) is 9.78 Å². The van der Waals surface area contributed by atoms with Gasteiger partial charge in [0.15, 0.2) is 0 Å². The van der Waals surface area contributed by atoms with Crippen LogP contribution in [0.1, 0.15) is 30.8 Å². The minimum atomic E-state index is 0.919. The Morgan fingerprint density at radius 1 is 1.26 bits per heavy atom. The minimum absolute atomic E-state index is 0.919. The van der Waals surface area contributed by atoms with Crippen LogP contribution in [0.2, 0.25) is 0 Å². The summed E-state index contributed by atoms with van der Waals surface area (Å²) in [6.45, 7) is 7.36. The summed E-state index contributed by atoms with van der Waals surface area (Å²) in [5.74, 6) is 0.951. The lowest BCUT2D eigenvalue weighted by atomic mass is 10.2. The van der Waals surface area contributed by atoms with E-state index in [1.165, 1.54) is 20.6 Å². The molecule has 1 aromatic heterocycles. The molecule has 1 aromatic carbocycles. The molecule has 102 valence electrons. The molecule has 2 nitrogen and oxygen atoms in total. The Hall–Kier alpha value is -0.740. The lowest BCUT2D eigenvalue weighted by molar-refractivity contribution is 0.627. The molecule has 0 bridgehead atoms. The van der Waals surface area contributed by atoms with E-state index in [9.17, 15) is 0 Å². The van der Waals surface area contributed by atoms with Gasteiger partial charge in [-0.1, -0.05) is 25.1 Å². The van der Waals surface area contributed by atoms with Crippen LogP contribution in [0.15, 0.2) is 33.6 Å². The fourth-order valence-electron chi connectivity index (χ4n) is 2.02. The Labute approximate surface area is 127 Å². The second-order valence-corrected chi connectivity index (χ2v) is 6.24. The van der Waals surface area contributed by atoms with Crippen LogP contribution in [0.4, 0.5) is 0 Å². The first-order valence-electron chi connectivity index (χ1n) is 6.59. The molecule has 0 N–H and O–H groups in total. The predicted octanol–water partition coefficient (Wildman–Crippen LogP) is 4.83. The van der Waals surface area contributed by atoms with E-state index in [-0.39, 0.29) is 0 Å². The fraction of sp³-hybridized carbons (Fsp3) is 0.400. The van der Waals surface area contributed by atoms with Crippen molar-refractivity contribution in [2.45, 2.75) is 44.4 Å². The van der Waals surface area contributed by atoms with Crippen molar-refractivity contribution in [3.8, 4) is 0 Å². The normalized spacial score (nSPS) is 10.9. The third-order valence-electron chi connectivity index (χ3n) is 3.15. The SMILES string of the molecule is CCc1nn(CC)c(CSc2ccccc2C)c1Br. The molecule has 0 saturated heterocycles. The number of aromatic nitrogens is 2. The van der Waals surface area contributed by atoms with Gasteiger partial charge in [0.1, 0.15) is 0 Å². The van der Waals surface area contributed by atoms with E-state index in [0.29, 0.717) is 0 Å². The maximum Gasteiger partial charge on any atom is 0.0767 e. The van der Waals surface area contributed by atoms with Gasteiger partial charge in [-0.2, -0.15) is 5.10 Å². The number of hydrogen-bond donors (Lipinski definition) is 0. The van der Waals surface area contributed by atoms with Gasteiger partial charge >= 0.3 is 0 Å². The zero-order chi connectivity index (χ0) is 13.8. The first kappa shape index (κ1) is 14.7. The number of nitrogens with zero attached hydrogens (tertiary/aromatic N) is 2. The molecule has 4 heteroatoms. The number of thioether (sulfide) groups is 1. The average molecular weight is 339 g/mol. The molecule has 0 unspecified atom stereocenters. The average Bonchev–Trinajstić information content (AvgIpc) is 2.74. The summed E-state index contributed by atoms with van der Waals surface area (Å²) in [5, 5.41) is 4.64. The predicted molar refractivity (Wildman–Crippen MR) is 85.7 cm³/mol. The van der Waals surface area contributed by atoms with Crippen LogP contribution < -0.4 is 0 Å². The second-order valence-electron chi connectivity index (χ2n) is 4.43. The first-order valence-corrected chi connectivity index (χ1v) is 8.37. The number of aryl methyl sites for hydroxylation is 3. The molecule has 19 heavy (non-hydrogen) atoms. The van der Waals surface area contributed by atoms with E-state index in [2.05, 4.69) is 70.7 Å². The van der Waals surface area contributed by atoms with Crippen molar-refractivity contribution in [3.05, 3.63) is 45.7 Å². The second kappa shape index (κ2) is 6.62. The van der Waals surface area contributed by atoms with E-state index in [1.54, 1.807) is 0 Å². The van der Waals surface area contributed by atoms with E-state index >= 15 is 0 Å². The molecule has 0 spiro atoms. The standard InChI is InChI=1S/C15H19BrN2S/c1-4-12-15(16)13(18(5-2)17-12)10-19-14-9-7-6-8-11(14)3/h6-9H,4-5,10H2,1-3H3. The number of hydrogen-bond acceptors (Lipinski definition) is 2. The van der Waals surface area contributed by atoms with Crippen LogP contribution >= 0.6 is 27.7 Å². The highest BCUT2D eigenvalue weighted by Gasteiger charge is 2.14. The smallest absolute Gasteiger partial charge is 0.0767 e. The lowest BCUT2D eigenvalue weighted by Crippen LogP contribution is -2.02. The summed E-state index contributed by atoms with van der Waals surface area (Å²) in [6, 6.07) is 8.52. The zero-order valence-electron chi connectivity index (χ0n) is 11.6. The van der Waals surface area contributed by atoms with Crippen LogP contribution in [0.25, 0.3) is 0 Å². The Morgan fingerprint density at radius 2 is 2.00 bits per heavy atom. The van der Waals surface area contributed by atoms with Crippen LogP contribution in [0, 0.1) is 6.92 Å². The molecule has 0 atom stereocenters. The molecule has 0 aliphatic carbocycles. The summed E-state index contributed by atoms with van der Waals surface area (Å²) >= 11 is 5.58. The van der Waals surface area contributed by atoms with Crippen molar-refractivity contribution in [3.63, 3.8) is 0 Å². The Kier molecular flexibility index (Phi) is 5.11. The third-order valence-corrected chi connectivity index (χ3v) is 5.25. The van der Waals surface area contributed by atoms with Gasteiger partial charge in [-0.15, -0.1) is 11.8 Å². The highest BCUT2D eigenvalue weighted by molar-refractivity contribution is 9.10. The van der Waals surface area contributed by atoms with Crippen molar-refractivity contribution in [1.29, 1.82) is 0 Å². The largest absolute Gasteiger partial charge is 0.268 e. The summed E-state index contributed by atoms with van der Waals surface area (Å²) < 4.78 is 3.28. The zero-order valence-corrected chi connectivity index (χ0v) is 14.0. The Morgan fingerprint density at radius 3 is 2.63 bits per heavy atom. The molecule has 2 aromatic rings. The summed E-state index contributed by atoms with van der Waals surface area (Å²) in [7, 11) is 0. The van der Waals surface area contributed by atoms with Gasteiger partial charge < -0.3 is 0 Å². The monoisotopic (exact) mass is 338 g/mol. The van der Waals surface area contributed by atoms with E-state index in [4.69, 9.17) is 0 Å². The molecular formula is C15H19BrN2S. The minimum Gasteiger partial charge on any atom is -0.268 e. The van der Waals surface area contributed by atoms with Crippen molar-refractivity contribution >= 4 is 27.7 Å². The fourth-order valence-corrected chi connectivity index (χ4v) is 3.97. The molecule has 0 aliphatic heterocycles. The maximum absolute atomic E-state index is 4.64.